The highest BCUT2D eigenvalue weighted by Gasteiger charge is 2.18. The summed E-state index contributed by atoms with van der Waals surface area (Å²) in [7, 11) is -3.73. The Labute approximate surface area is 155 Å². The number of carbonyl (C=O) groups excluding carboxylic acids is 1. The summed E-state index contributed by atoms with van der Waals surface area (Å²) in [5.41, 5.74) is 0.218. The molecule has 0 heterocycles. The summed E-state index contributed by atoms with van der Waals surface area (Å²) in [5.74, 6) is -0.463. The number of phenols is 1. The third kappa shape index (κ3) is 3.71. The first-order valence-electron chi connectivity index (χ1n) is 7.49. The van der Waals surface area contributed by atoms with Crippen LogP contribution in [-0.2, 0) is 9.84 Å². The van der Waals surface area contributed by atoms with Gasteiger partial charge in [-0.25, -0.2) is 13.2 Å². The van der Waals surface area contributed by atoms with Gasteiger partial charge >= 0.3 is 5.97 Å². The minimum atomic E-state index is -3.73. The predicted octanol–water partition coefficient (Wildman–Crippen LogP) is 4.10. The summed E-state index contributed by atoms with van der Waals surface area (Å²) < 4.78 is 30.3. The van der Waals surface area contributed by atoms with Crippen LogP contribution < -0.4 is 4.74 Å². The van der Waals surface area contributed by atoms with Crippen LogP contribution >= 0.6 is 11.6 Å². The number of esters is 1. The lowest BCUT2D eigenvalue weighted by Gasteiger charge is -2.08. The minimum Gasteiger partial charge on any atom is -0.508 e. The Morgan fingerprint density at radius 1 is 0.846 bits per heavy atom. The van der Waals surface area contributed by atoms with E-state index in [1.165, 1.54) is 54.6 Å². The molecule has 3 rings (SSSR count). The van der Waals surface area contributed by atoms with Gasteiger partial charge < -0.3 is 9.84 Å². The van der Waals surface area contributed by atoms with E-state index in [-0.39, 0.29) is 31.9 Å². The Morgan fingerprint density at radius 3 is 1.96 bits per heavy atom. The molecule has 0 saturated carbocycles. The van der Waals surface area contributed by atoms with Crippen LogP contribution in [0.4, 0.5) is 0 Å². The van der Waals surface area contributed by atoms with Crippen LogP contribution in [0.3, 0.4) is 0 Å². The van der Waals surface area contributed by atoms with Gasteiger partial charge in [-0.2, -0.15) is 0 Å². The van der Waals surface area contributed by atoms with Crippen LogP contribution in [0.15, 0.2) is 82.6 Å². The number of carbonyl (C=O) groups is 1. The SMILES string of the molecule is O=C(Oc1ccc(S(=O)(=O)c2ccc(O)cc2)cc1)c1ccccc1Cl. The highest BCUT2D eigenvalue weighted by atomic mass is 35.5. The molecule has 0 radical (unpaired) electrons. The average Bonchev–Trinajstić information content (AvgIpc) is 2.63. The molecule has 0 aliphatic heterocycles. The van der Waals surface area contributed by atoms with Crippen LogP contribution in [0.1, 0.15) is 10.4 Å². The topological polar surface area (TPSA) is 80.7 Å². The molecule has 0 aliphatic rings. The van der Waals surface area contributed by atoms with Crippen molar-refractivity contribution in [3.8, 4) is 11.5 Å². The van der Waals surface area contributed by atoms with E-state index in [4.69, 9.17) is 16.3 Å². The zero-order valence-electron chi connectivity index (χ0n) is 13.3. The number of benzene rings is 3. The number of ether oxygens (including phenoxy) is 1. The molecule has 5 nitrogen and oxygen atoms in total. The van der Waals surface area contributed by atoms with Crippen LogP contribution in [0.2, 0.25) is 5.02 Å². The monoisotopic (exact) mass is 388 g/mol. The number of halogens is 1. The van der Waals surface area contributed by atoms with Gasteiger partial charge in [-0.05, 0) is 60.7 Å². The molecule has 0 saturated heterocycles. The molecule has 3 aromatic rings. The standard InChI is InChI=1S/C19H13ClO5S/c20-18-4-2-1-3-17(18)19(22)25-14-7-11-16(12-8-14)26(23,24)15-9-5-13(21)6-10-15/h1-12,21H. The molecule has 0 fully saturated rings. The van der Waals surface area contributed by atoms with Gasteiger partial charge in [0.15, 0.2) is 0 Å². The molecule has 0 spiro atoms. The second kappa shape index (κ2) is 7.19. The van der Waals surface area contributed by atoms with E-state index < -0.39 is 15.8 Å². The number of hydrogen-bond acceptors (Lipinski definition) is 5. The van der Waals surface area contributed by atoms with E-state index in [0.717, 1.165) is 0 Å². The summed E-state index contributed by atoms with van der Waals surface area (Å²) >= 11 is 5.95. The van der Waals surface area contributed by atoms with Gasteiger partial charge in [0.05, 0.1) is 20.4 Å². The molecule has 132 valence electrons. The van der Waals surface area contributed by atoms with Crippen molar-refractivity contribution < 1.29 is 23.1 Å². The van der Waals surface area contributed by atoms with Crippen LogP contribution in [0, 0.1) is 0 Å². The lowest BCUT2D eigenvalue weighted by molar-refractivity contribution is 0.0735. The van der Waals surface area contributed by atoms with Crippen molar-refractivity contribution >= 4 is 27.4 Å². The van der Waals surface area contributed by atoms with Crippen LogP contribution in [0.5, 0.6) is 11.5 Å². The van der Waals surface area contributed by atoms with Gasteiger partial charge in [-0.3, -0.25) is 0 Å². The lowest BCUT2D eigenvalue weighted by atomic mass is 10.2. The smallest absolute Gasteiger partial charge is 0.345 e. The summed E-state index contributed by atoms with van der Waals surface area (Å²) in [4.78, 5) is 12.2. The van der Waals surface area contributed by atoms with Crippen LogP contribution in [0.25, 0.3) is 0 Å². The second-order valence-corrected chi connectivity index (χ2v) is 7.69. The largest absolute Gasteiger partial charge is 0.508 e. The van der Waals surface area contributed by atoms with E-state index >= 15 is 0 Å². The maximum Gasteiger partial charge on any atom is 0.345 e. The van der Waals surface area contributed by atoms with Crippen molar-refractivity contribution in [2.75, 3.05) is 0 Å². The molecule has 3 aromatic carbocycles. The molecular formula is C19H13ClO5S. The summed E-state index contributed by atoms with van der Waals surface area (Å²) in [6.45, 7) is 0. The molecule has 0 unspecified atom stereocenters. The molecule has 0 bridgehead atoms. The second-order valence-electron chi connectivity index (χ2n) is 5.34. The molecule has 0 aliphatic carbocycles. The Morgan fingerprint density at radius 2 is 1.38 bits per heavy atom. The molecule has 1 N–H and O–H groups in total. The van der Waals surface area contributed by atoms with E-state index in [9.17, 15) is 18.3 Å². The first-order chi connectivity index (χ1) is 12.4. The van der Waals surface area contributed by atoms with Gasteiger partial charge in [-0.15, -0.1) is 0 Å². The van der Waals surface area contributed by atoms with Gasteiger partial charge in [0, 0.05) is 0 Å². The van der Waals surface area contributed by atoms with Crippen molar-refractivity contribution in [2.45, 2.75) is 9.79 Å². The Hall–Kier alpha value is -2.83. The van der Waals surface area contributed by atoms with Crippen molar-refractivity contribution in [1.29, 1.82) is 0 Å². The number of phenolic OH excluding ortho intramolecular Hbond substituents is 1. The highest BCUT2D eigenvalue weighted by molar-refractivity contribution is 7.91. The average molecular weight is 389 g/mol. The van der Waals surface area contributed by atoms with E-state index in [2.05, 4.69) is 0 Å². The van der Waals surface area contributed by atoms with E-state index in [1.807, 2.05) is 0 Å². The number of rotatable bonds is 4. The third-order valence-electron chi connectivity index (χ3n) is 3.59. The van der Waals surface area contributed by atoms with E-state index in [1.54, 1.807) is 18.2 Å². The number of hydrogen-bond donors (Lipinski definition) is 1. The Bertz CT molecular complexity index is 1040. The molecule has 26 heavy (non-hydrogen) atoms. The van der Waals surface area contributed by atoms with Crippen molar-refractivity contribution in [3.05, 3.63) is 83.4 Å². The minimum absolute atomic E-state index is 0.0224. The number of aromatic hydroxyl groups is 1. The molecule has 0 amide bonds. The first-order valence-corrected chi connectivity index (χ1v) is 9.35. The summed E-state index contributed by atoms with van der Waals surface area (Å²) in [5, 5.41) is 9.54. The van der Waals surface area contributed by atoms with Crippen molar-refractivity contribution in [2.24, 2.45) is 0 Å². The fourth-order valence-electron chi connectivity index (χ4n) is 2.24. The Kier molecular flexibility index (Phi) is 4.97. The van der Waals surface area contributed by atoms with Gasteiger partial charge in [0.1, 0.15) is 11.5 Å². The van der Waals surface area contributed by atoms with Crippen LogP contribution in [-0.4, -0.2) is 19.5 Å². The zero-order valence-corrected chi connectivity index (χ0v) is 14.9. The fraction of sp³-hybridized carbons (Fsp3) is 0. The quantitative estimate of drug-likeness (QED) is 0.537. The maximum absolute atomic E-state index is 12.5. The van der Waals surface area contributed by atoms with Crippen molar-refractivity contribution in [3.63, 3.8) is 0 Å². The van der Waals surface area contributed by atoms with Gasteiger partial charge in [0.2, 0.25) is 9.84 Å². The van der Waals surface area contributed by atoms with Gasteiger partial charge in [0.25, 0.3) is 0 Å². The predicted molar refractivity (Wildman–Crippen MR) is 96.4 cm³/mol. The third-order valence-corrected chi connectivity index (χ3v) is 5.70. The summed E-state index contributed by atoms with van der Waals surface area (Å²) in [6, 6.07) is 17.2. The van der Waals surface area contributed by atoms with Crippen molar-refractivity contribution in [1.82, 2.24) is 0 Å². The zero-order chi connectivity index (χ0) is 18.7. The summed E-state index contributed by atoms with van der Waals surface area (Å²) in [6.07, 6.45) is 0. The number of sulfone groups is 1. The Balaban J connectivity index is 1.81. The molecule has 7 heteroatoms. The molecule has 0 atom stereocenters. The first kappa shape index (κ1) is 18.0. The highest BCUT2D eigenvalue weighted by Crippen LogP contribution is 2.25. The fourth-order valence-corrected chi connectivity index (χ4v) is 3.71. The normalized spacial score (nSPS) is 11.1. The molecular weight excluding hydrogens is 376 g/mol. The molecule has 0 aromatic heterocycles. The van der Waals surface area contributed by atoms with E-state index in [0.29, 0.717) is 0 Å². The maximum atomic E-state index is 12.5. The van der Waals surface area contributed by atoms with Gasteiger partial charge in [-0.1, -0.05) is 23.7 Å². The lowest BCUT2D eigenvalue weighted by Crippen LogP contribution is -2.09.